The van der Waals surface area contributed by atoms with Crippen LogP contribution in [0.4, 0.5) is 11.6 Å². The van der Waals surface area contributed by atoms with Crippen LogP contribution in [0.2, 0.25) is 0 Å². The summed E-state index contributed by atoms with van der Waals surface area (Å²) >= 11 is 1.54. The van der Waals surface area contributed by atoms with Gasteiger partial charge in [-0.25, -0.2) is 9.97 Å². The molecule has 1 aromatic heterocycles. The third-order valence-corrected chi connectivity index (χ3v) is 3.58. The molecule has 18 heavy (non-hydrogen) atoms. The predicted octanol–water partition coefficient (Wildman–Crippen LogP) is 1.81. The van der Waals surface area contributed by atoms with Crippen molar-refractivity contribution in [2.45, 2.75) is 31.0 Å². The van der Waals surface area contributed by atoms with E-state index in [2.05, 4.69) is 20.6 Å². The Balaban J connectivity index is 1.95. The summed E-state index contributed by atoms with van der Waals surface area (Å²) in [7, 11) is 0. The van der Waals surface area contributed by atoms with Crippen LogP contribution in [0.3, 0.4) is 0 Å². The van der Waals surface area contributed by atoms with Crippen molar-refractivity contribution in [3.63, 3.8) is 0 Å². The molecule has 0 amide bonds. The molecular formula is C12H20N4OS. The number of thioether (sulfide) groups is 1. The molecule has 1 heterocycles. The molecule has 1 fully saturated rings. The van der Waals surface area contributed by atoms with E-state index in [0.29, 0.717) is 5.92 Å². The van der Waals surface area contributed by atoms with Gasteiger partial charge in [0.25, 0.3) is 0 Å². The summed E-state index contributed by atoms with van der Waals surface area (Å²) in [5, 5.41) is 16.5. The van der Waals surface area contributed by atoms with Gasteiger partial charge in [-0.3, -0.25) is 0 Å². The summed E-state index contributed by atoms with van der Waals surface area (Å²) in [6, 6.07) is 1.93. The minimum absolute atomic E-state index is 0.0960. The van der Waals surface area contributed by atoms with Crippen molar-refractivity contribution in [2.24, 2.45) is 5.92 Å². The fourth-order valence-corrected chi connectivity index (χ4v) is 2.37. The van der Waals surface area contributed by atoms with Gasteiger partial charge in [-0.1, -0.05) is 11.8 Å². The molecule has 3 N–H and O–H groups in total. The third kappa shape index (κ3) is 3.49. The quantitative estimate of drug-likeness (QED) is 0.540. The molecule has 5 nitrogen and oxygen atoms in total. The normalized spacial score (nSPS) is 22.4. The lowest BCUT2D eigenvalue weighted by Crippen LogP contribution is -2.33. The average molecular weight is 268 g/mol. The van der Waals surface area contributed by atoms with Gasteiger partial charge in [0.15, 0.2) is 5.16 Å². The number of nitrogens with one attached hydrogen (secondary N) is 2. The van der Waals surface area contributed by atoms with E-state index in [1.54, 1.807) is 0 Å². The Morgan fingerprint density at radius 3 is 2.56 bits per heavy atom. The van der Waals surface area contributed by atoms with Crippen LogP contribution in [0, 0.1) is 5.92 Å². The smallest absolute Gasteiger partial charge is 0.191 e. The van der Waals surface area contributed by atoms with Crippen LogP contribution in [0.5, 0.6) is 0 Å². The molecule has 0 aliphatic heterocycles. The number of anilines is 2. The van der Waals surface area contributed by atoms with Crippen LogP contribution in [-0.2, 0) is 0 Å². The minimum atomic E-state index is -0.0960. The molecule has 0 atom stereocenters. The second-order valence-electron chi connectivity index (χ2n) is 4.53. The van der Waals surface area contributed by atoms with Gasteiger partial charge < -0.3 is 15.7 Å². The molecular weight excluding hydrogens is 248 g/mol. The molecule has 0 saturated heterocycles. The molecule has 1 saturated carbocycles. The Bertz CT molecular complexity index is 396. The minimum Gasteiger partial charge on any atom is -0.393 e. The largest absolute Gasteiger partial charge is 0.393 e. The maximum atomic E-state index is 9.25. The molecule has 0 radical (unpaired) electrons. The van der Waals surface area contributed by atoms with Gasteiger partial charge in [-0.2, -0.15) is 0 Å². The van der Waals surface area contributed by atoms with Crippen molar-refractivity contribution < 1.29 is 5.11 Å². The number of aromatic nitrogens is 2. The van der Waals surface area contributed by atoms with Crippen LogP contribution in [0.25, 0.3) is 0 Å². The van der Waals surface area contributed by atoms with E-state index in [1.165, 1.54) is 11.8 Å². The standard InChI is InChI=1S/C12H20N4OS/c1-3-13-10-6-11(16-12(15-10)18-2)14-7-8-4-9(17)5-8/h6,8-9,17H,3-5,7H2,1-2H3,(H2,13,14,15,16). The highest BCUT2D eigenvalue weighted by Crippen LogP contribution is 2.27. The number of hydrogen-bond donors (Lipinski definition) is 3. The number of nitrogens with zero attached hydrogens (tertiary/aromatic N) is 2. The van der Waals surface area contributed by atoms with E-state index in [0.717, 1.165) is 42.7 Å². The van der Waals surface area contributed by atoms with E-state index in [-0.39, 0.29) is 6.10 Å². The van der Waals surface area contributed by atoms with Crippen LogP contribution >= 0.6 is 11.8 Å². The Hall–Kier alpha value is -1.01. The first kappa shape index (κ1) is 13.4. The van der Waals surface area contributed by atoms with Crippen molar-refractivity contribution in [1.29, 1.82) is 0 Å². The zero-order chi connectivity index (χ0) is 13.0. The van der Waals surface area contributed by atoms with Gasteiger partial charge in [0, 0.05) is 19.2 Å². The van der Waals surface area contributed by atoms with Crippen LogP contribution in [0.15, 0.2) is 11.2 Å². The molecule has 0 bridgehead atoms. The maximum absolute atomic E-state index is 9.25. The average Bonchev–Trinajstić information content (AvgIpc) is 2.33. The Labute approximate surface area is 112 Å². The van der Waals surface area contributed by atoms with Gasteiger partial charge in [0.05, 0.1) is 6.10 Å². The Morgan fingerprint density at radius 2 is 2.00 bits per heavy atom. The van der Waals surface area contributed by atoms with Crippen molar-refractivity contribution in [3.8, 4) is 0 Å². The lowest BCUT2D eigenvalue weighted by Gasteiger charge is -2.31. The van der Waals surface area contributed by atoms with Gasteiger partial charge in [0.2, 0.25) is 0 Å². The topological polar surface area (TPSA) is 70.1 Å². The van der Waals surface area contributed by atoms with E-state index in [1.807, 2.05) is 19.2 Å². The fraction of sp³-hybridized carbons (Fsp3) is 0.667. The number of rotatable bonds is 6. The second-order valence-corrected chi connectivity index (χ2v) is 5.30. The monoisotopic (exact) mass is 268 g/mol. The van der Waals surface area contributed by atoms with E-state index in [9.17, 15) is 5.11 Å². The number of hydrogen-bond acceptors (Lipinski definition) is 6. The maximum Gasteiger partial charge on any atom is 0.191 e. The molecule has 1 aromatic rings. The van der Waals surface area contributed by atoms with Gasteiger partial charge in [-0.05, 0) is 31.9 Å². The van der Waals surface area contributed by atoms with Crippen molar-refractivity contribution in [1.82, 2.24) is 9.97 Å². The van der Waals surface area contributed by atoms with Crippen LogP contribution in [-0.4, -0.2) is 40.5 Å². The van der Waals surface area contributed by atoms with Crippen LogP contribution < -0.4 is 10.6 Å². The molecule has 0 unspecified atom stereocenters. The highest BCUT2D eigenvalue weighted by atomic mass is 32.2. The summed E-state index contributed by atoms with van der Waals surface area (Å²) < 4.78 is 0. The second kappa shape index (κ2) is 6.24. The van der Waals surface area contributed by atoms with Crippen molar-refractivity contribution in [3.05, 3.63) is 6.07 Å². The molecule has 1 aliphatic carbocycles. The van der Waals surface area contributed by atoms with Crippen LogP contribution in [0.1, 0.15) is 19.8 Å². The van der Waals surface area contributed by atoms with E-state index in [4.69, 9.17) is 0 Å². The first-order chi connectivity index (χ1) is 8.71. The van der Waals surface area contributed by atoms with Crippen molar-refractivity contribution >= 4 is 23.4 Å². The summed E-state index contributed by atoms with van der Waals surface area (Å²) in [6.45, 7) is 3.76. The molecule has 2 rings (SSSR count). The first-order valence-corrected chi connectivity index (χ1v) is 7.52. The summed E-state index contributed by atoms with van der Waals surface area (Å²) in [5.41, 5.74) is 0. The lowest BCUT2D eigenvalue weighted by molar-refractivity contribution is 0.0486. The molecule has 0 aromatic carbocycles. The highest BCUT2D eigenvalue weighted by Gasteiger charge is 2.26. The molecule has 1 aliphatic rings. The highest BCUT2D eigenvalue weighted by molar-refractivity contribution is 7.98. The zero-order valence-corrected chi connectivity index (χ0v) is 11.6. The number of aliphatic hydroxyl groups excluding tert-OH is 1. The molecule has 6 heteroatoms. The molecule has 100 valence electrons. The van der Waals surface area contributed by atoms with E-state index < -0.39 is 0 Å². The predicted molar refractivity (Wildman–Crippen MR) is 75.2 cm³/mol. The van der Waals surface area contributed by atoms with Gasteiger partial charge in [0.1, 0.15) is 11.6 Å². The summed E-state index contributed by atoms with van der Waals surface area (Å²) in [6.07, 6.45) is 3.67. The van der Waals surface area contributed by atoms with Crippen molar-refractivity contribution in [2.75, 3.05) is 30.0 Å². The van der Waals surface area contributed by atoms with Gasteiger partial charge >= 0.3 is 0 Å². The Morgan fingerprint density at radius 1 is 1.33 bits per heavy atom. The first-order valence-electron chi connectivity index (χ1n) is 6.30. The van der Waals surface area contributed by atoms with E-state index >= 15 is 0 Å². The van der Waals surface area contributed by atoms with Gasteiger partial charge in [-0.15, -0.1) is 0 Å². The Kier molecular flexibility index (Phi) is 4.66. The fourth-order valence-electron chi connectivity index (χ4n) is 1.99. The lowest BCUT2D eigenvalue weighted by atomic mass is 9.82. The molecule has 0 spiro atoms. The SMILES string of the molecule is CCNc1cc(NCC2CC(O)C2)nc(SC)n1. The number of aliphatic hydroxyl groups is 1. The summed E-state index contributed by atoms with van der Waals surface area (Å²) in [4.78, 5) is 8.80. The summed E-state index contributed by atoms with van der Waals surface area (Å²) in [5.74, 6) is 2.27. The zero-order valence-electron chi connectivity index (χ0n) is 10.8. The third-order valence-electron chi connectivity index (χ3n) is 3.03.